The van der Waals surface area contributed by atoms with Crippen LogP contribution in [-0.2, 0) is 4.79 Å². The topological polar surface area (TPSA) is 54.9 Å². The molecule has 0 fully saturated rings. The minimum absolute atomic E-state index is 0.00896. The van der Waals surface area contributed by atoms with E-state index >= 15 is 0 Å². The molecule has 2 heterocycles. The lowest BCUT2D eigenvalue weighted by Gasteiger charge is -2.17. The molecule has 6 heteroatoms. The SMILES string of the molecule is CC(Sc1ncnc2ccsc12)C(=O)NC(C)c1ccccc1. The quantitative estimate of drug-likeness (QED) is 0.561. The molecule has 0 saturated carbocycles. The van der Waals surface area contributed by atoms with Gasteiger partial charge in [0.05, 0.1) is 21.5 Å². The van der Waals surface area contributed by atoms with E-state index in [2.05, 4.69) is 15.3 Å². The maximum absolute atomic E-state index is 12.4. The number of hydrogen-bond acceptors (Lipinski definition) is 5. The highest BCUT2D eigenvalue weighted by Crippen LogP contribution is 2.31. The first-order valence-electron chi connectivity index (χ1n) is 7.35. The van der Waals surface area contributed by atoms with Crippen molar-refractivity contribution in [2.45, 2.75) is 30.2 Å². The Morgan fingerprint density at radius 2 is 1.96 bits per heavy atom. The lowest BCUT2D eigenvalue weighted by Crippen LogP contribution is -2.33. The fourth-order valence-electron chi connectivity index (χ4n) is 2.23. The van der Waals surface area contributed by atoms with Crippen molar-refractivity contribution < 1.29 is 4.79 Å². The lowest BCUT2D eigenvalue weighted by molar-refractivity contribution is -0.120. The predicted octanol–water partition coefficient (Wildman–Crippen LogP) is 4.05. The summed E-state index contributed by atoms with van der Waals surface area (Å²) in [6.45, 7) is 3.89. The molecule has 2 atom stereocenters. The zero-order valence-corrected chi connectivity index (χ0v) is 14.5. The van der Waals surface area contributed by atoms with E-state index in [4.69, 9.17) is 0 Å². The molecule has 0 aliphatic heterocycles. The van der Waals surface area contributed by atoms with Crippen LogP contribution in [-0.4, -0.2) is 21.1 Å². The number of hydrogen-bond donors (Lipinski definition) is 1. The third kappa shape index (κ3) is 3.71. The number of nitrogens with one attached hydrogen (secondary N) is 1. The number of benzene rings is 1. The van der Waals surface area contributed by atoms with Gasteiger partial charge in [-0.2, -0.15) is 0 Å². The van der Waals surface area contributed by atoms with Crippen molar-refractivity contribution in [1.82, 2.24) is 15.3 Å². The Hall–Kier alpha value is -1.92. The molecule has 2 aromatic heterocycles. The van der Waals surface area contributed by atoms with Gasteiger partial charge in [-0.3, -0.25) is 4.79 Å². The van der Waals surface area contributed by atoms with Crippen molar-refractivity contribution in [2.75, 3.05) is 0 Å². The molecule has 1 amide bonds. The first-order valence-corrected chi connectivity index (χ1v) is 9.11. The van der Waals surface area contributed by atoms with Gasteiger partial charge in [0.1, 0.15) is 11.4 Å². The fraction of sp³-hybridized carbons (Fsp3) is 0.235. The molecule has 0 aliphatic rings. The zero-order valence-electron chi connectivity index (χ0n) is 12.9. The van der Waals surface area contributed by atoms with Crippen LogP contribution in [0.25, 0.3) is 10.2 Å². The number of rotatable bonds is 5. The summed E-state index contributed by atoms with van der Waals surface area (Å²) in [6.07, 6.45) is 1.55. The van der Waals surface area contributed by atoms with Gasteiger partial charge in [-0.25, -0.2) is 9.97 Å². The van der Waals surface area contributed by atoms with E-state index in [0.29, 0.717) is 0 Å². The number of thiophene rings is 1. The van der Waals surface area contributed by atoms with Gasteiger partial charge in [0.25, 0.3) is 0 Å². The molecular formula is C17H17N3OS2. The Bertz CT molecular complexity index is 804. The number of aromatic nitrogens is 2. The molecule has 23 heavy (non-hydrogen) atoms. The van der Waals surface area contributed by atoms with Gasteiger partial charge in [0, 0.05) is 0 Å². The summed E-state index contributed by atoms with van der Waals surface area (Å²) in [5.41, 5.74) is 2.03. The molecule has 0 spiro atoms. The Balaban J connectivity index is 1.67. The molecule has 3 rings (SSSR count). The molecule has 2 unspecified atom stereocenters. The Morgan fingerprint density at radius 3 is 2.74 bits per heavy atom. The van der Waals surface area contributed by atoms with E-state index < -0.39 is 0 Å². The van der Waals surface area contributed by atoms with Gasteiger partial charge < -0.3 is 5.32 Å². The smallest absolute Gasteiger partial charge is 0.233 e. The third-order valence-corrected chi connectivity index (χ3v) is 5.67. The summed E-state index contributed by atoms with van der Waals surface area (Å²) in [5.74, 6) is 0.00896. The van der Waals surface area contributed by atoms with E-state index in [0.717, 1.165) is 20.8 Å². The van der Waals surface area contributed by atoms with Crippen LogP contribution in [0.3, 0.4) is 0 Å². The van der Waals surface area contributed by atoms with Crippen molar-refractivity contribution in [1.29, 1.82) is 0 Å². The molecule has 118 valence electrons. The van der Waals surface area contributed by atoms with Crippen LogP contribution in [0.1, 0.15) is 25.5 Å². The predicted molar refractivity (Wildman–Crippen MR) is 95.7 cm³/mol. The van der Waals surface area contributed by atoms with Crippen LogP contribution in [0.2, 0.25) is 0 Å². The highest BCUT2D eigenvalue weighted by molar-refractivity contribution is 8.00. The summed E-state index contributed by atoms with van der Waals surface area (Å²) >= 11 is 3.07. The first-order chi connectivity index (χ1) is 11.1. The molecule has 1 N–H and O–H groups in total. The summed E-state index contributed by atoms with van der Waals surface area (Å²) < 4.78 is 1.04. The van der Waals surface area contributed by atoms with Gasteiger partial charge in [0.15, 0.2) is 0 Å². The van der Waals surface area contributed by atoms with Gasteiger partial charge >= 0.3 is 0 Å². The van der Waals surface area contributed by atoms with E-state index in [1.807, 2.05) is 55.6 Å². The highest BCUT2D eigenvalue weighted by atomic mass is 32.2. The number of fused-ring (bicyclic) bond motifs is 1. The lowest BCUT2D eigenvalue weighted by atomic mass is 10.1. The summed E-state index contributed by atoms with van der Waals surface area (Å²) in [6, 6.07) is 11.9. The fourth-order valence-corrected chi connectivity index (χ4v) is 4.07. The van der Waals surface area contributed by atoms with E-state index in [1.165, 1.54) is 11.8 Å². The van der Waals surface area contributed by atoms with Crippen molar-refractivity contribution in [3.63, 3.8) is 0 Å². The number of nitrogens with zero attached hydrogens (tertiary/aromatic N) is 2. The van der Waals surface area contributed by atoms with Crippen LogP contribution < -0.4 is 5.32 Å². The van der Waals surface area contributed by atoms with Gasteiger partial charge in [-0.05, 0) is 30.9 Å². The number of thioether (sulfide) groups is 1. The molecule has 0 bridgehead atoms. The van der Waals surface area contributed by atoms with Crippen LogP contribution in [0.4, 0.5) is 0 Å². The number of carbonyl (C=O) groups excluding carboxylic acids is 1. The van der Waals surface area contributed by atoms with Gasteiger partial charge in [-0.15, -0.1) is 11.3 Å². The number of amides is 1. The third-order valence-electron chi connectivity index (χ3n) is 3.53. The number of carbonyl (C=O) groups is 1. The second-order valence-electron chi connectivity index (χ2n) is 5.21. The van der Waals surface area contributed by atoms with Crippen molar-refractivity contribution in [3.8, 4) is 0 Å². The maximum Gasteiger partial charge on any atom is 0.233 e. The standard InChI is InChI=1S/C17H17N3OS2/c1-11(13-6-4-3-5-7-13)20-16(21)12(2)23-17-15-14(8-9-22-15)18-10-19-17/h3-12H,1-2H3,(H,20,21). The molecule has 3 aromatic rings. The van der Waals surface area contributed by atoms with Crippen molar-refractivity contribution >= 4 is 39.2 Å². The van der Waals surface area contributed by atoms with E-state index in [9.17, 15) is 4.79 Å². The van der Waals surface area contributed by atoms with E-state index in [1.54, 1.807) is 17.7 Å². The maximum atomic E-state index is 12.4. The molecule has 0 saturated heterocycles. The minimum Gasteiger partial charge on any atom is -0.349 e. The molecular weight excluding hydrogens is 326 g/mol. The Morgan fingerprint density at radius 1 is 1.17 bits per heavy atom. The minimum atomic E-state index is -0.221. The highest BCUT2D eigenvalue weighted by Gasteiger charge is 2.19. The van der Waals surface area contributed by atoms with Crippen molar-refractivity contribution in [3.05, 3.63) is 53.7 Å². The normalized spacial score (nSPS) is 13.7. The van der Waals surface area contributed by atoms with Crippen LogP contribution in [0.15, 0.2) is 53.1 Å². The Kier molecular flexibility index (Phi) is 4.93. The van der Waals surface area contributed by atoms with Crippen molar-refractivity contribution in [2.24, 2.45) is 0 Å². The summed E-state index contributed by atoms with van der Waals surface area (Å²) in [4.78, 5) is 21.0. The average Bonchev–Trinajstić information content (AvgIpc) is 3.05. The second kappa shape index (κ2) is 7.10. The largest absolute Gasteiger partial charge is 0.349 e. The average molecular weight is 343 g/mol. The van der Waals surface area contributed by atoms with E-state index in [-0.39, 0.29) is 17.2 Å². The summed E-state index contributed by atoms with van der Waals surface area (Å²) in [5, 5.41) is 5.69. The molecule has 4 nitrogen and oxygen atoms in total. The van der Waals surface area contributed by atoms with Crippen LogP contribution in [0.5, 0.6) is 0 Å². The Labute approximate surface area is 143 Å². The molecule has 0 radical (unpaired) electrons. The zero-order chi connectivity index (χ0) is 16.2. The van der Waals surface area contributed by atoms with Crippen LogP contribution >= 0.6 is 23.1 Å². The first kappa shape index (κ1) is 16.0. The monoisotopic (exact) mass is 343 g/mol. The summed E-state index contributed by atoms with van der Waals surface area (Å²) in [7, 11) is 0. The molecule has 1 aromatic carbocycles. The second-order valence-corrected chi connectivity index (χ2v) is 7.46. The van der Waals surface area contributed by atoms with Gasteiger partial charge in [-0.1, -0.05) is 42.1 Å². The molecule has 0 aliphatic carbocycles. The van der Waals surface area contributed by atoms with Crippen LogP contribution in [0, 0.1) is 0 Å². The van der Waals surface area contributed by atoms with Gasteiger partial charge in [0.2, 0.25) is 5.91 Å².